The van der Waals surface area contributed by atoms with Gasteiger partial charge in [-0.25, -0.2) is 13.6 Å². The van der Waals surface area contributed by atoms with Crippen molar-refractivity contribution in [3.63, 3.8) is 0 Å². The minimum atomic E-state index is -2.00. The molecule has 0 unspecified atom stereocenters. The summed E-state index contributed by atoms with van der Waals surface area (Å²) in [6.45, 7) is 2.29. The van der Waals surface area contributed by atoms with E-state index in [1.165, 1.54) is 18.9 Å². The largest absolute Gasteiger partial charge is 0.463 e. The van der Waals surface area contributed by atoms with Crippen LogP contribution in [0.5, 0.6) is 0 Å². The van der Waals surface area contributed by atoms with Gasteiger partial charge in [0.25, 0.3) is 0 Å². The predicted molar refractivity (Wildman–Crippen MR) is 82.1 cm³/mol. The number of unbranched alkanes of at least 4 members (excludes halogenated alkanes) is 7. The Morgan fingerprint density at radius 1 is 1.05 bits per heavy atom. The van der Waals surface area contributed by atoms with E-state index in [0.29, 0.717) is 6.61 Å². The van der Waals surface area contributed by atoms with Crippen LogP contribution in [-0.2, 0) is 9.53 Å². The van der Waals surface area contributed by atoms with Crippen molar-refractivity contribution < 1.29 is 18.3 Å². The molecule has 20 heavy (non-hydrogen) atoms. The molecule has 0 atom stereocenters. The molecule has 0 fully saturated rings. The van der Waals surface area contributed by atoms with Gasteiger partial charge >= 0.3 is 5.97 Å². The molecule has 0 aromatic carbocycles. The van der Waals surface area contributed by atoms with Gasteiger partial charge in [-0.15, -0.1) is 0 Å². The first-order valence-electron chi connectivity index (χ1n) is 7.74. The summed E-state index contributed by atoms with van der Waals surface area (Å²) in [7, 11) is -1.10. The van der Waals surface area contributed by atoms with Crippen LogP contribution < -0.4 is 0 Å². The van der Waals surface area contributed by atoms with Crippen molar-refractivity contribution in [3.8, 4) is 0 Å². The molecular formula is C15H28F2O2Si. The summed E-state index contributed by atoms with van der Waals surface area (Å²) in [5.41, 5.74) is 0. The van der Waals surface area contributed by atoms with Crippen LogP contribution in [0, 0.1) is 0 Å². The molecule has 0 aliphatic carbocycles. The summed E-state index contributed by atoms with van der Waals surface area (Å²) in [5, 5.41) is 0. The molecule has 0 amide bonds. The number of hydrogen-bond donors (Lipinski definition) is 0. The third kappa shape index (κ3) is 15.3. The van der Waals surface area contributed by atoms with Crippen LogP contribution in [0.4, 0.5) is 8.78 Å². The molecule has 0 N–H and O–H groups in total. The van der Waals surface area contributed by atoms with E-state index in [-0.39, 0.29) is 5.97 Å². The number of carbonyl (C=O) groups is 1. The molecular weight excluding hydrogens is 278 g/mol. The van der Waals surface area contributed by atoms with Crippen LogP contribution in [0.2, 0.25) is 6.04 Å². The molecule has 0 spiro atoms. The zero-order valence-corrected chi connectivity index (χ0v) is 14.0. The van der Waals surface area contributed by atoms with Crippen LogP contribution in [0.25, 0.3) is 0 Å². The Balaban J connectivity index is 3.08. The van der Waals surface area contributed by atoms with E-state index < -0.39 is 15.6 Å². The van der Waals surface area contributed by atoms with Crippen molar-refractivity contribution in [2.45, 2.75) is 70.4 Å². The summed E-state index contributed by atoms with van der Waals surface area (Å²) in [6.07, 6.45) is 11.9. The highest BCUT2D eigenvalue weighted by atomic mass is 28.2. The number of rotatable bonds is 13. The van der Waals surface area contributed by atoms with Gasteiger partial charge in [0.1, 0.15) is 9.52 Å². The van der Waals surface area contributed by atoms with Gasteiger partial charge in [-0.2, -0.15) is 0 Å². The second kappa shape index (κ2) is 14.7. The Hall–Kier alpha value is -0.713. The summed E-state index contributed by atoms with van der Waals surface area (Å²) in [6, 6.07) is -1.22. The SMILES string of the molecule is CC=CC(=O)OCCCCCCCCCC[SiH2]C(F)F. The van der Waals surface area contributed by atoms with Crippen LogP contribution in [0.15, 0.2) is 12.2 Å². The van der Waals surface area contributed by atoms with E-state index in [1.54, 1.807) is 13.0 Å². The zero-order chi connectivity index (χ0) is 15.1. The second-order valence-electron chi connectivity index (χ2n) is 5.03. The van der Waals surface area contributed by atoms with Gasteiger partial charge in [0, 0.05) is 6.08 Å². The lowest BCUT2D eigenvalue weighted by Crippen LogP contribution is -2.02. The number of alkyl halides is 2. The van der Waals surface area contributed by atoms with Crippen molar-refractivity contribution in [3.05, 3.63) is 12.2 Å². The average molecular weight is 306 g/mol. The quantitative estimate of drug-likeness (QED) is 0.222. The maximum Gasteiger partial charge on any atom is 0.330 e. The Kier molecular flexibility index (Phi) is 14.2. The molecule has 0 saturated heterocycles. The number of esters is 1. The fraction of sp³-hybridized carbons (Fsp3) is 0.800. The van der Waals surface area contributed by atoms with Crippen LogP contribution in [-0.4, -0.2) is 28.1 Å². The normalized spacial score (nSPS) is 12.0. The summed E-state index contributed by atoms with van der Waals surface area (Å²) < 4.78 is 28.9. The molecule has 0 rings (SSSR count). The highest BCUT2D eigenvalue weighted by Crippen LogP contribution is 2.10. The average Bonchev–Trinajstić information content (AvgIpc) is 2.40. The van der Waals surface area contributed by atoms with Crippen molar-refractivity contribution in [1.82, 2.24) is 0 Å². The van der Waals surface area contributed by atoms with Gasteiger partial charge < -0.3 is 4.74 Å². The van der Waals surface area contributed by atoms with Crippen LogP contribution in [0.3, 0.4) is 0 Å². The maximum absolute atomic E-state index is 11.9. The molecule has 0 aromatic heterocycles. The summed E-state index contributed by atoms with van der Waals surface area (Å²) in [4.78, 5) is 11.0. The minimum absolute atomic E-state index is 0.264. The van der Waals surface area contributed by atoms with E-state index in [4.69, 9.17) is 4.74 Å². The minimum Gasteiger partial charge on any atom is -0.463 e. The number of halogens is 2. The summed E-state index contributed by atoms with van der Waals surface area (Å²) >= 11 is 0. The molecule has 118 valence electrons. The Bertz CT molecular complexity index is 258. The van der Waals surface area contributed by atoms with Gasteiger partial charge in [0.15, 0.2) is 0 Å². The van der Waals surface area contributed by atoms with Crippen LogP contribution in [0.1, 0.15) is 58.3 Å². The Morgan fingerprint density at radius 2 is 1.60 bits per heavy atom. The molecule has 2 nitrogen and oxygen atoms in total. The monoisotopic (exact) mass is 306 g/mol. The number of hydrogen-bond acceptors (Lipinski definition) is 2. The van der Waals surface area contributed by atoms with Gasteiger partial charge in [0.2, 0.25) is 6.05 Å². The molecule has 0 heterocycles. The highest BCUT2D eigenvalue weighted by Gasteiger charge is 2.02. The standard InChI is InChI=1S/C15H28F2O2Si/c1-2-11-14(18)19-12-9-7-5-3-4-6-8-10-13-20-15(16)17/h2,11,15H,3-10,12-13,20H2,1H3. The lowest BCUT2D eigenvalue weighted by molar-refractivity contribution is -0.137. The second-order valence-corrected chi connectivity index (χ2v) is 6.93. The first-order valence-corrected chi connectivity index (χ1v) is 9.56. The number of carbonyl (C=O) groups excluding carboxylic acids is 1. The maximum atomic E-state index is 11.9. The van der Waals surface area contributed by atoms with E-state index in [0.717, 1.165) is 44.6 Å². The molecule has 0 aromatic rings. The molecule has 0 saturated carbocycles. The molecule has 5 heteroatoms. The van der Waals surface area contributed by atoms with Crippen molar-refractivity contribution in [2.24, 2.45) is 0 Å². The highest BCUT2D eigenvalue weighted by molar-refractivity contribution is 6.36. The van der Waals surface area contributed by atoms with Gasteiger partial charge in [-0.1, -0.05) is 57.1 Å². The van der Waals surface area contributed by atoms with E-state index in [9.17, 15) is 13.6 Å². The van der Waals surface area contributed by atoms with Gasteiger partial charge in [-0.05, 0) is 13.3 Å². The van der Waals surface area contributed by atoms with Crippen LogP contribution >= 0.6 is 0 Å². The van der Waals surface area contributed by atoms with Gasteiger partial charge in [0.05, 0.1) is 6.61 Å². The zero-order valence-electron chi connectivity index (χ0n) is 12.6. The fourth-order valence-corrected chi connectivity index (χ4v) is 2.95. The lowest BCUT2D eigenvalue weighted by Gasteiger charge is -2.03. The number of ether oxygens (including phenoxy) is 1. The molecule has 0 aliphatic heterocycles. The smallest absolute Gasteiger partial charge is 0.330 e. The van der Waals surface area contributed by atoms with E-state index in [1.807, 2.05) is 0 Å². The van der Waals surface area contributed by atoms with E-state index in [2.05, 4.69) is 0 Å². The fourth-order valence-electron chi connectivity index (χ4n) is 2.00. The first-order chi connectivity index (χ1) is 9.66. The van der Waals surface area contributed by atoms with Gasteiger partial charge in [-0.3, -0.25) is 0 Å². The lowest BCUT2D eigenvalue weighted by atomic mass is 10.1. The topological polar surface area (TPSA) is 26.3 Å². The predicted octanol–water partition coefficient (Wildman–Crippen LogP) is 4.04. The van der Waals surface area contributed by atoms with Crippen molar-refractivity contribution in [1.29, 1.82) is 0 Å². The third-order valence-electron chi connectivity index (χ3n) is 3.11. The first kappa shape index (κ1) is 19.3. The van der Waals surface area contributed by atoms with E-state index >= 15 is 0 Å². The Morgan fingerprint density at radius 3 is 2.15 bits per heavy atom. The summed E-state index contributed by atoms with van der Waals surface area (Å²) in [5.74, 6) is -0.264. The molecule has 0 radical (unpaired) electrons. The Labute approximate surface area is 123 Å². The molecule has 0 aliphatic rings. The number of allylic oxidation sites excluding steroid dienone is 1. The molecule has 0 bridgehead atoms. The third-order valence-corrected chi connectivity index (χ3v) is 4.46. The van der Waals surface area contributed by atoms with Crippen molar-refractivity contribution in [2.75, 3.05) is 6.61 Å². The van der Waals surface area contributed by atoms with Crippen molar-refractivity contribution >= 4 is 15.5 Å².